The van der Waals surface area contributed by atoms with Gasteiger partial charge in [-0.15, -0.1) is 11.8 Å². The van der Waals surface area contributed by atoms with E-state index in [9.17, 15) is 0 Å². The number of rotatable bonds is 0. The first-order chi connectivity index (χ1) is 6.25. The molecule has 0 spiro atoms. The fourth-order valence-corrected chi connectivity index (χ4v) is 2.37. The van der Waals surface area contributed by atoms with Gasteiger partial charge in [0.2, 0.25) is 0 Å². The van der Waals surface area contributed by atoms with Crippen LogP contribution in [0.1, 0.15) is 12.0 Å². The molecule has 0 aliphatic carbocycles. The van der Waals surface area contributed by atoms with Crippen molar-refractivity contribution in [2.75, 3.05) is 5.75 Å². The SMILES string of the molecule is Cc1ccc2c(c1)SCCC(N)=N2. The molecule has 68 valence electrons. The Balaban J connectivity index is 2.48. The predicted molar refractivity (Wildman–Crippen MR) is 57.8 cm³/mol. The molecule has 1 aliphatic heterocycles. The third-order valence-corrected chi connectivity index (χ3v) is 3.04. The summed E-state index contributed by atoms with van der Waals surface area (Å²) < 4.78 is 0. The first-order valence-corrected chi connectivity index (χ1v) is 5.31. The van der Waals surface area contributed by atoms with Gasteiger partial charge in [-0.3, -0.25) is 0 Å². The molecule has 1 aliphatic rings. The van der Waals surface area contributed by atoms with Crippen LogP contribution >= 0.6 is 11.8 Å². The summed E-state index contributed by atoms with van der Waals surface area (Å²) in [5.74, 6) is 1.78. The number of amidine groups is 1. The minimum atomic E-state index is 0.745. The van der Waals surface area contributed by atoms with Crippen molar-refractivity contribution in [1.29, 1.82) is 0 Å². The van der Waals surface area contributed by atoms with E-state index in [1.165, 1.54) is 10.5 Å². The average molecular weight is 192 g/mol. The minimum Gasteiger partial charge on any atom is -0.387 e. The lowest BCUT2D eigenvalue weighted by molar-refractivity contribution is 1.26. The molecule has 0 aromatic heterocycles. The number of aryl methyl sites for hydroxylation is 1. The topological polar surface area (TPSA) is 38.4 Å². The highest BCUT2D eigenvalue weighted by molar-refractivity contribution is 7.99. The molecule has 3 heteroatoms. The summed E-state index contributed by atoms with van der Waals surface area (Å²) in [5.41, 5.74) is 8.02. The number of hydrogen-bond acceptors (Lipinski definition) is 3. The predicted octanol–water partition coefficient (Wildman–Crippen LogP) is 2.48. The summed E-state index contributed by atoms with van der Waals surface area (Å²) in [7, 11) is 0. The summed E-state index contributed by atoms with van der Waals surface area (Å²) in [5, 5.41) is 0. The molecule has 0 amide bonds. The molecule has 2 nitrogen and oxygen atoms in total. The standard InChI is InChI=1S/C10H12N2S/c1-7-2-3-8-9(6-7)13-5-4-10(11)12-8/h2-3,6H,4-5H2,1H3,(H2,11,12). The summed E-state index contributed by atoms with van der Waals surface area (Å²) >= 11 is 1.83. The smallest absolute Gasteiger partial charge is 0.100 e. The second-order valence-electron chi connectivity index (χ2n) is 3.17. The third kappa shape index (κ3) is 1.86. The van der Waals surface area contributed by atoms with E-state index in [2.05, 4.69) is 24.0 Å². The minimum absolute atomic E-state index is 0.745. The number of hydrogen-bond donors (Lipinski definition) is 1. The molecule has 0 atom stereocenters. The zero-order chi connectivity index (χ0) is 9.26. The Morgan fingerprint density at radius 1 is 1.46 bits per heavy atom. The van der Waals surface area contributed by atoms with Crippen molar-refractivity contribution in [3.63, 3.8) is 0 Å². The van der Waals surface area contributed by atoms with Crippen LogP contribution in [0.2, 0.25) is 0 Å². The Hall–Kier alpha value is -0.960. The molecule has 0 saturated carbocycles. The maximum absolute atomic E-state index is 5.72. The summed E-state index contributed by atoms with van der Waals surface area (Å²) in [6.07, 6.45) is 0.887. The van der Waals surface area contributed by atoms with Gasteiger partial charge in [0, 0.05) is 17.1 Å². The average Bonchev–Trinajstić information content (AvgIpc) is 2.25. The molecule has 1 aromatic rings. The highest BCUT2D eigenvalue weighted by Gasteiger charge is 2.07. The Kier molecular flexibility index (Phi) is 2.27. The maximum Gasteiger partial charge on any atom is 0.100 e. The van der Waals surface area contributed by atoms with Crippen LogP contribution < -0.4 is 5.73 Å². The van der Waals surface area contributed by atoms with E-state index in [-0.39, 0.29) is 0 Å². The van der Waals surface area contributed by atoms with Crippen LogP contribution in [-0.2, 0) is 0 Å². The number of fused-ring (bicyclic) bond motifs is 1. The second-order valence-corrected chi connectivity index (χ2v) is 4.31. The van der Waals surface area contributed by atoms with Crippen LogP contribution in [0.5, 0.6) is 0 Å². The molecular weight excluding hydrogens is 180 g/mol. The van der Waals surface area contributed by atoms with Gasteiger partial charge in [-0.1, -0.05) is 6.07 Å². The van der Waals surface area contributed by atoms with E-state index < -0.39 is 0 Å². The molecule has 0 unspecified atom stereocenters. The van der Waals surface area contributed by atoms with Crippen LogP contribution in [0.25, 0.3) is 0 Å². The van der Waals surface area contributed by atoms with Crippen molar-refractivity contribution in [2.24, 2.45) is 10.7 Å². The largest absolute Gasteiger partial charge is 0.387 e. The van der Waals surface area contributed by atoms with Gasteiger partial charge in [0.15, 0.2) is 0 Å². The Labute approximate surface area is 82.2 Å². The number of benzene rings is 1. The van der Waals surface area contributed by atoms with Gasteiger partial charge in [0.1, 0.15) is 5.84 Å². The molecule has 1 aromatic carbocycles. The number of aliphatic imine (C=N–C) groups is 1. The number of nitrogens with zero attached hydrogens (tertiary/aromatic N) is 1. The van der Waals surface area contributed by atoms with Crippen LogP contribution in [0.3, 0.4) is 0 Å². The second kappa shape index (κ2) is 3.42. The monoisotopic (exact) mass is 192 g/mol. The lowest BCUT2D eigenvalue weighted by atomic mass is 10.2. The molecule has 1 heterocycles. The Morgan fingerprint density at radius 3 is 3.15 bits per heavy atom. The van der Waals surface area contributed by atoms with Gasteiger partial charge in [-0.05, 0) is 24.6 Å². The van der Waals surface area contributed by atoms with Crippen molar-refractivity contribution < 1.29 is 0 Å². The molecule has 0 bridgehead atoms. The van der Waals surface area contributed by atoms with Crippen molar-refractivity contribution in [3.05, 3.63) is 23.8 Å². The van der Waals surface area contributed by atoms with Crippen LogP contribution in [-0.4, -0.2) is 11.6 Å². The first kappa shape index (κ1) is 8.63. The van der Waals surface area contributed by atoms with Crippen LogP contribution in [0.15, 0.2) is 28.1 Å². The van der Waals surface area contributed by atoms with E-state index in [0.717, 1.165) is 23.7 Å². The first-order valence-electron chi connectivity index (χ1n) is 4.32. The number of thioether (sulfide) groups is 1. The quantitative estimate of drug-likeness (QED) is 0.685. The maximum atomic E-state index is 5.72. The number of nitrogens with two attached hydrogens (primary N) is 1. The zero-order valence-electron chi connectivity index (χ0n) is 7.58. The third-order valence-electron chi connectivity index (χ3n) is 2.00. The molecular formula is C10H12N2S. The van der Waals surface area contributed by atoms with Crippen molar-refractivity contribution in [1.82, 2.24) is 0 Å². The van der Waals surface area contributed by atoms with E-state index in [0.29, 0.717) is 0 Å². The Bertz CT molecular complexity index is 358. The lowest BCUT2D eigenvalue weighted by Crippen LogP contribution is -2.10. The van der Waals surface area contributed by atoms with E-state index in [1.54, 1.807) is 0 Å². The van der Waals surface area contributed by atoms with E-state index in [1.807, 2.05) is 17.8 Å². The molecule has 13 heavy (non-hydrogen) atoms. The molecule has 0 radical (unpaired) electrons. The summed E-state index contributed by atoms with van der Waals surface area (Å²) in [6.45, 7) is 2.10. The van der Waals surface area contributed by atoms with Gasteiger partial charge < -0.3 is 5.73 Å². The highest BCUT2D eigenvalue weighted by atomic mass is 32.2. The molecule has 0 fully saturated rings. The normalized spacial score (nSPS) is 15.9. The zero-order valence-corrected chi connectivity index (χ0v) is 8.40. The van der Waals surface area contributed by atoms with Crippen LogP contribution in [0.4, 0.5) is 5.69 Å². The Morgan fingerprint density at radius 2 is 2.31 bits per heavy atom. The fraction of sp³-hybridized carbons (Fsp3) is 0.300. The van der Waals surface area contributed by atoms with Gasteiger partial charge >= 0.3 is 0 Å². The fourth-order valence-electron chi connectivity index (χ4n) is 1.31. The summed E-state index contributed by atoms with van der Waals surface area (Å²) in [4.78, 5) is 5.60. The molecule has 2 rings (SSSR count). The van der Waals surface area contributed by atoms with Gasteiger partial charge in [-0.2, -0.15) is 0 Å². The lowest BCUT2D eigenvalue weighted by Gasteiger charge is -2.02. The molecule has 2 N–H and O–H groups in total. The van der Waals surface area contributed by atoms with Crippen molar-refractivity contribution in [2.45, 2.75) is 18.2 Å². The summed E-state index contributed by atoms with van der Waals surface area (Å²) in [6, 6.07) is 6.28. The van der Waals surface area contributed by atoms with Crippen LogP contribution in [0, 0.1) is 6.92 Å². The van der Waals surface area contributed by atoms with Gasteiger partial charge in [0.05, 0.1) is 5.69 Å². The van der Waals surface area contributed by atoms with Gasteiger partial charge in [-0.25, -0.2) is 4.99 Å². The van der Waals surface area contributed by atoms with Gasteiger partial charge in [0.25, 0.3) is 0 Å². The van der Waals surface area contributed by atoms with E-state index >= 15 is 0 Å². The van der Waals surface area contributed by atoms with Crippen molar-refractivity contribution >= 4 is 23.3 Å². The molecule has 0 saturated heterocycles. The van der Waals surface area contributed by atoms with E-state index in [4.69, 9.17) is 5.73 Å². The van der Waals surface area contributed by atoms with Crippen molar-refractivity contribution in [3.8, 4) is 0 Å². The highest BCUT2D eigenvalue weighted by Crippen LogP contribution is 2.33.